The molecule has 8 heteroatoms. The summed E-state index contributed by atoms with van der Waals surface area (Å²) in [6.45, 7) is 6.31. The number of rotatable bonds is 10. The first-order valence-corrected chi connectivity index (χ1v) is 20.8. The zero-order valence-corrected chi connectivity index (χ0v) is 32.3. The van der Waals surface area contributed by atoms with Gasteiger partial charge in [0.05, 0.1) is 28.3 Å². The van der Waals surface area contributed by atoms with Crippen molar-refractivity contribution in [3.05, 3.63) is 142 Å². The molecule has 5 heterocycles. The minimum Gasteiger partial charge on any atom is -0.355 e. The Bertz CT molecular complexity index is 2660. The van der Waals surface area contributed by atoms with Crippen LogP contribution in [0.25, 0.3) is 79.8 Å². The minimum absolute atomic E-state index is 0.0686. The summed E-state index contributed by atoms with van der Waals surface area (Å²) in [6.07, 6.45) is 12.2. The maximum atomic E-state index is 11.4. The van der Waals surface area contributed by atoms with E-state index in [1.807, 2.05) is 0 Å². The van der Waals surface area contributed by atoms with E-state index in [0.29, 0.717) is 6.42 Å². The molecule has 4 N–H and O–H groups in total. The molecule has 0 saturated carbocycles. The molecule has 276 valence electrons. The molecule has 55 heavy (non-hydrogen) atoms. The van der Waals surface area contributed by atoms with E-state index < -0.39 is 7.60 Å². The SMILES string of the molecule is Cc1ccc(-c2c3nc(cc4cc(CCCCCCP(=O)(O)O)c([nH]4)c(-c4ccc(C)cc4)c4nc(c(-c5ccc(C)cc5)c5ccc2[nH]5)C=C4)C=C3)cc1. The standard InChI is InChI=1S/C47H45N4O3P/c1-30-9-15-33(16-10-30)44-39-22-21-37(48-39)29-38-28-36(8-6-4-5-7-27-55(52,53)54)47(49-38)46(35-19-13-32(3)14-20-35)43-26-25-42(51-43)45(41-24-23-40(44)50-41)34-17-11-31(2)12-18-34/h9-26,28-29,49-50H,4-8,27H2,1-3H3,(H2,52,53,54). The van der Waals surface area contributed by atoms with E-state index in [0.717, 1.165) is 104 Å². The molecular weight excluding hydrogens is 700 g/mol. The van der Waals surface area contributed by atoms with Crippen molar-refractivity contribution in [1.29, 1.82) is 0 Å². The van der Waals surface area contributed by atoms with Gasteiger partial charge in [-0.2, -0.15) is 0 Å². The fraction of sp³-hybridized carbons (Fsp3) is 0.191. The van der Waals surface area contributed by atoms with Crippen LogP contribution in [-0.4, -0.2) is 35.9 Å². The third kappa shape index (κ3) is 8.11. The molecule has 0 amide bonds. The Morgan fingerprint density at radius 2 is 1.04 bits per heavy atom. The van der Waals surface area contributed by atoms with Gasteiger partial charge in [0, 0.05) is 39.4 Å². The molecule has 0 radical (unpaired) electrons. The van der Waals surface area contributed by atoms with Crippen molar-refractivity contribution >= 4 is 54.0 Å². The number of unbranched alkanes of at least 4 members (excludes halogenated alkanes) is 3. The van der Waals surface area contributed by atoms with E-state index in [2.05, 4.69) is 152 Å². The molecule has 0 saturated heterocycles. The molecule has 0 spiro atoms. The Labute approximate surface area is 321 Å². The van der Waals surface area contributed by atoms with Crippen molar-refractivity contribution in [1.82, 2.24) is 19.9 Å². The molecule has 3 aromatic carbocycles. The largest absolute Gasteiger partial charge is 0.355 e. The summed E-state index contributed by atoms with van der Waals surface area (Å²) in [7, 11) is -3.99. The van der Waals surface area contributed by atoms with Gasteiger partial charge in [-0.1, -0.05) is 102 Å². The van der Waals surface area contributed by atoms with Crippen molar-refractivity contribution < 1.29 is 14.4 Å². The summed E-state index contributed by atoms with van der Waals surface area (Å²) in [6, 6.07) is 34.5. The van der Waals surface area contributed by atoms with Crippen LogP contribution in [0.2, 0.25) is 0 Å². The molecule has 0 unspecified atom stereocenters. The fourth-order valence-corrected chi connectivity index (χ4v) is 8.19. The molecule has 8 rings (SSSR count). The quantitative estimate of drug-likeness (QED) is 0.0822. The van der Waals surface area contributed by atoms with Crippen molar-refractivity contribution in [2.75, 3.05) is 6.16 Å². The number of H-pyrrole nitrogens is 2. The first-order valence-electron chi connectivity index (χ1n) is 19.0. The van der Waals surface area contributed by atoms with Gasteiger partial charge in [0.1, 0.15) is 0 Å². The lowest BCUT2D eigenvalue weighted by Gasteiger charge is -2.08. The highest BCUT2D eigenvalue weighted by Gasteiger charge is 2.19. The van der Waals surface area contributed by atoms with E-state index in [4.69, 9.17) is 9.97 Å². The Balaban J connectivity index is 1.41. The first-order chi connectivity index (χ1) is 26.6. The molecule has 0 aliphatic carbocycles. The predicted molar refractivity (Wildman–Crippen MR) is 228 cm³/mol. The average Bonchev–Trinajstić information content (AvgIpc) is 3.99. The topological polar surface area (TPSA) is 115 Å². The summed E-state index contributed by atoms with van der Waals surface area (Å²) >= 11 is 0. The van der Waals surface area contributed by atoms with Crippen LogP contribution in [-0.2, 0) is 11.0 Å². The third-order valence-electron chi connectivity index (χ3n) is 10.4. The van der Waals surface area contributed by atoms with Crippen LogP contribution < -0.4 is 0 Å². The zero-order chi connectivity index (χ0) is 38.1. The Kier molecular flexibility index (Phi) is 10.1. The summed E-state index contributed by atoms with van der Waals surface area (Å²) in [5.74, 6) is 0. The fourth-order valence-electron chi connectivity index (χ4n) is 7.55. The van der Waals surface area contributed by atoms with Crippen LogP contribution in [0.5, 0.6) is 0 Å². The second-order valence-corrected chi connectivity index (χ2v) is 16.6. The average molecular weight is 745 g/mol. The maximum absolute atomic E-state index is 11.4. The van der Waals surface area contributed by atoms with Crippen molar-refractivity contribution in [3.63, 3.8) is 0 Å². The van der Waals surface area contributed by atoms with Gasteiger partial charge in [0.15, 0.2) is 0 Å². The van der Waals surface area contributed by atoms with E-state index in [-0.39, 0.29) is 6.16 Å². The third-order valence-corrected chi connectivity index (χ3v) is 11.3. The van der Waals surface area contributed by atoms with Crippen LogP contribution in [0.1, 0.15) is 70.7 Å². The lowest BCUT2D eigenvalue weighted by atomic mass is 9.98. The molecule has 8 bridgehead atoms. The van der Waals surface area contributed by atoms with Gasteiger partial charge in [0.2, 0.25) is 0 Å². The van der Waals surface area contributed by atoms with E-state index in [1.165, 1.54) is 22.3 Å². The number of aryl methyl sites for hydroxylation is 4. The number of hydrogen-bond acceptors (Lipinski definition) is 3. The minimum atomic E-state index is -3.99. The monoisotopic (exact) mass is 744 g/mol. The van der Waals surface area contributed by atoms with Gasteiger partial charge in [-0.15, -0.1) is 0 Å². The van der Waals surface area contributed by atoms with Crippen LogP contribution >= 0.6 is 7.60 Å². The molecular formula is C47H45N4O3P. The van der Waals surface area contributed by atoms with Gasteiger partial charge in [0.25, 0.3) is 0 Å². The highest BCUT2D eigenvalue weighted by molar-refractivity contribution is 7.51. The summed E-state index contributed by atoms with van der Waals surface area (Å²) in [5.41, 5.74) is 18.4. The molecule has 6 aromatic rings. The van der Waals surface area contributed by atoms with Gasteiger partial charge >= 0.3 is 7.60 Å². The summed E-state index contributed by atoms with van der Waals surface area (Å²) < 4.78 is 11.4. The molecule has 2 aliphatic heterocycles. The molecule has 0 atom stereocenters. The van der Waals surface area contributed by atoms with Crippen molar-refractivity contribution in [3.8, 4) is 33.4 Å². The first kappa shape index (κ1) is 36.4. The number of nitrogens with one attached hydrogen (secondary N) is 2. The van der Waals surface area contributed by atoms with Crippen molar-refractivity contribution in [2.45, 2.75) is 52.9 Å². The van der Waals surface area contributed by atoms with Gasteiger partial charge < -0.3 is 19.8 Å². The molecule has 2 aliphatic rings. The predicted octanol–water partition coefficient (Wildman–Crippen LogP) is 11.9. The lowest BCUT2D eigenvalue weighted by Crippen LogP contribution is -1.92. The number of hydrogen-bond donors (Lipinski definition) is 4. The zero-order valence-electron chi connectivity index (χ0n) is 31.4. The molecule has 0 fully saturated rings. The van der Waals surface area contributed by atoms with Crippen molar-refractivity contribution in [2.24, 2.45) is 0 Å². The van der Waals surface area contributed by atoms with Crippen LogP contribution in [0, 0.1) is 20.8 Å². The number of aromatic amines is 2. The maximum Gasteiger partial charge on any atom is 0.325 e. The molecule has 7 nitrogen and oxygen atoms in total. The van der Waals surface area contributed by atoms with Gasteiger partial charge in [-0.3, -0.25) is 4.57 Å². The van der Waals surface area contributed by atoms with Gasteiger partial charge in [-0.05, 0) is 111 Å². The molecule has 3 aromatic heterocycles. The second-order valence-electron chi connectivity index (χ2n) is 14.8. The highest BCUT2D eigenvalue weighted by atomic mass is 31.2. The van der Waals surface area contributed by atoms with Crippen LogP contribution in [0.4, 0.5) is 0 Å². The number of nitrogens with zero attached hydrogens (tertiary/aromatic N) is 2. The van der Waals surface area contributed by atoms with E-state index in [1.54, 1.807) is 0 Å². The Morgan fingerprint density at radius 1 is 0.545 bits per heavy atom. The smallest absolute Gasteiger partial charge is 0.325 e. The number of fused-ring (bicyclic) bond motifs is 8. The van der Waals surface area contributed by atoms with E-state index >= 15 is 0 Å². The van der Waals surface area contributed by atoms with Crippen LogP contribution in [0.15, 0.2) is 97.1 Å². The van der Waals surface area contributed by atoms with Crippen LogP contribution in [0.3, 0.4) is 0 Å². The summed E-state index contributed by atoms with van der Waals surface area (Å²) in [4.78, 5) is 36.9. The lowest BCUT2D eigenvalue weighted by molar-refractivity contribution is 0.370. The van der Waals surface area contributed by atoms with Gasteiger partial charge in [-0.25, -0.2) is 9.97 Å². The second kappa shape index (κ2) is 15.3. The highest BCUT2D eigenvalue weighted by Crippen LogP contribution is 2.38. The Morgan fingerprint density at radius 3 is 1.60 bits per heavy atom. The number of aromatic nitrogens is 4. The summed E-state index contributed by atoms with van der Waals surface area (Å²) in [5, 5.41) is 0. The Hall–Kier alpha value is -5.59. The van der Waals surface area contributed by atoms with E-state index in [9.17, 15) is 14.4 Å². The normalized spacial score (nSPS) is 12.5. The number of benzene rings is 3.